The van der Waals surface area contributed by atoms with Crippen molar-refractivity contribution in [3.8, 4) is 11.4 Å². The van der Waals surface area contributed by atoms with E-state index in [1.807, 2.05) is 25.3 Å². The maximum Gasteiger partial charge on any atom is 0.242 e. The number of likely N-dealkylation sites (N-methyl/N-ethyl adjacent to an activating group) is 1. The summed E-state index contributed by atoms with van der Waals surface area (Å²) in [5.74, 6) is 1.39. The molecule has 1 aliphatic rings. The summed E-state index contributed by atoms with van der Waals surface area (Å²) in [5.41, 5.74) is 1.57. The van der Waals surface area contributed by atoms with Gasteiger partial charge < -0.3 is 15.2 Å². The van der Waals surface area contributed by atoms with E-state index in [9.17, 15) is 4.79 Å². The van der Waals surface area contributed by atoms with Crippen LogP contribution in [0.4, 0.5) is 5.82 Å². The number of nitrogens with one attached hydrogen (secondary N) is 2. The fraction of sp³-hybridized carbons (Fsp3) is 0.333. The molecule has 0 radical (unpaired) electrons. The molecular formula is C18H19ClN6O. The second-order valence-electron chi connectivity index (χ2n) is 6.24. The maximum atomic E-state index is 12.3. The lowest BCUT2D eigenvalue weighted by Crippen LogP contribution is -2.43. The molecule has 26 heavy (non-hydrogen) atoms. The van der Waals surface area contributed by atoms with Crippen LogP contribution in [-0.4, -0.2) is 45.0 Å². The Morgan fingerprint density at radius 3 is 3.19 bits per heavy atom. The normalized spacial score (nSPS) is 17.0. The Labute approximate surface area is 155 Å². The highest BCUT2D eigenvalue weighted by Gasteiger charge is 2.31. The Hall–Kier alpha value is -2.67. The largest absolute Gasteiger partial charge is 0.355 e. The number of rotatable bonds is 4. The number of fused-ring (bicyclic) bond motifs is 1. The molecule has 1 aliphatic heterocycles. The van der Waals surface area contributed by atoms with E-state index in [0.717, 1.165) is 41.8 Å². The van der Waals surface area contributed by atoms with Gasteiger partial charge in [0.25, 0.3) is 0 Å². The number of H-pyrrole nitrogens is 1. The third kappa shape index (κ3) is 2.99. The van der Waals surface area contributed by atoms with Gasteiger partial charge in [-0.3, -0.25) is 4.79 Å². The van der Waals surface area contributed by atoms with Crippen LogP contribution in [0.3, 0.4) is 0 Å². The number of pyridine rings is 1. The van der Waals surface area contributed by atoms with Crippen LogP contribution in [0.5, 0.6) is 0 Å². The molecule has 7 nitrogen and oxygen atoms in total. The van der Waals surface area contributed by atoms with E-state index in [4.69, 9.17) is 16.6 Å². The first kappa shape index (κ1) is 16.8. The van der Waals surface area contributed by atoms with Gasteiger partial charge >= 0.3 is 0 Å². The molecule has 134 valence electrons. The lowest BCUT2D eigenvalue weighted by Gasteiger charge is -2.24. The van der Waals surface area contributed by atoms with Gasteiger partial charge in [0.15, 0.2) is 5.82 Å². The summed E-state index contributed by atoms with van der Waals surface area (Å²) >= 11 is 6.08. The first-order valence-corrected chi connectivity index (χ1v) is 9.05. The lowest BCUT2D eigenvalue weighted by molar-refractivity contribution is -0.122. The van der Waals surface area contributed by atoms with Crippen molar-refractivity contribution in [1.29, 1.82) is 0 Å². The van der Waals surface area contributed by atoms with E-state index in [1.165, 1.54) is 0 Å². The monoisotopic (exact) mass is 370 g/mol. The molecule has 0 spiro atoms. The predicted octanol–water partition coefficient (Wildman–Crippen LogP) is 2.78. The van der Waals surface area contributed by atoms with Crippen LogP contribution in [0, 0.1) is 0 Å². The zero-order valence-electron chi connectivity index (χ0n) is 14.4. The molecule has 1 amide bonds. The predicted molar refractivity (Wildman–Crippen MR) is 101 cm³/mol. The number of carbonyl (C=O) groups is 1. The van der Waals surface area contributed by atoms with Gasteiger partial charge in [0.2, 0.25) is 5.91 Å². The number of halogens is 1. The third-order valence-corrected chi connectivity index (χ3v) is 4.79. The summed E-state index contributed by atoms with van der Waals surface area (Å²) in [5, 5.41) is 4.34. The van der Waals surface area contributed by atoms with E-state index in [-0.39, 0.29) is 11.9 Å². The molecule has 1 fully saturated rings. The minimum Gasteiger partial charge on any atom is -0.355 e. The fourth-order valence-electron chi connectivity index (χ4n) is 3.41. The molecule has 0 aromatic carbocycles. The Bertz CT molecular complexity index is 956. The number of carbonyl (C=O) groups excluding carboxylic acids is 1. The highest BCUT2D eigenvalue weighted by Crippen LogP contribution is 2.29. The highest BCUT2D eigenvalue weighted by atomic mass is 35.5. The summed E-state index contributed by atoms with van der Waals surface area (Å²) in [6.45, 7) is 3.36. The third-order valence-electron chi connectivity index (χ3n) is 4.58. The molecular weight excluding hydrogens is 352 g/mol. The SMILES string of the molecule is CCNC(=O)[C@H]1CCCN1c1ccnc(-c2c[nH]c3ncc(Cl)cc23)n1. The molecule has 4 rings (SSSR count). The van der Waals surface area contributed by atoms with Crippen molar-refractivity contribution in [3.63, 3.8) is 0 Å². The molecule has 0 bridgehead atoms. The number of anilines is 1. The van der Waals surface area contributed by atoms with Crippen LogP contribution >= 0.6 is 11.6 Å². The summed E-state index contributed by atoms with van der Waals surface area (Å²) in [7, 11) is 0. The van der Waals surface area contributed by atoms with Crippen molar-refractivity contribution < 1.29 is 4.79 Å². The number of hydrogen-bond donors (Lipinski definition) is 2. The lowest BCUT2D eigenvalue weighted by atomic mass is 10.2. The van der Waals surface area contributed by atoms with Gasteiger partial charge in [0, 0.05) is 42.6 Å². The topological polar surface area (TPSA) is 86.8 Å². The minimum atomic E-state index is -0.184. The Morgan fingerprint density at radius 2 is 2.35 bits per heavy atom. The summed E-state index contributed by atoms with van der Waals surface area (Å²) in [4.78, 5) is 30.9. The van der Waals surface area contributed by atoms with Gasteiger partial charge in [-0.2, -0.15) is 0 Å². The van der Waals surface area contributed by atoms with Crippen LogP contribution in [0.15, 0.2) is 30.7 Å². The van der Waals surface area contributed by atoms with Crippen molar-refractivity contribution in [2.45, 2.75) is 25.8 Å². The summed E-state index contributed by atoms with van der Waals surface area (Å²) in [6.07, 6.45) is 6.95. The molecule has 1 saturated heterocycles. The zero-order chi connectivity index (χ0) is 18.1. The molecule has 3 aromatic rings. The van der Waals surface area contributed by atoms with Crippen LogP contribution < -0.4 is 10.2 Å². The van der Waals surface area contributed by atoms with Gasteiger partial charge in [0.1, 0.15) is 17.5 Å². The van der Waals surface area contributed by atoms with E-state index in [0.29, 0.717) is 17.4 Å². The summed E-state index contributed by atoms with van der Waals surface area (Å²) < 4.78 is 0. The van der Waals surface area contributed by atoms with E-state index in [1.54, 1.807) is 12.4 Å². The quantitative estimate of drug-likeness (QED) is 0.737. The Balaban J connectivity index is 1.70. The highest BCUT2D eigenvalue weighted by molar-refractivity contribution is 6.31. The van der Waals surface area contributed by atoms with Gasteiger partial charge in [-0.15, -0.1) is 0 Å². The summed E-state index contributed by atoms with van der Waals surface area (Å²) in [6, 6.07) is 3.51. The van der Waals surface area contributed by atoms with Crippen LogP contribution in [-0.2, 0) is 4.79 Å². The average molecular weight is 371 g/mol. The van der Waals surface area contributed by atoms with Crippen molar-refractivity contribution in [2.24, 2.45) is 0 Å². The number of aromatic amines is 1. The van der Waals surface area contributed by atoms with Crippen molar-refractivity contribution in [2.75, 3.05) is 18.0 Å². The van der Waals surface area contributed by atoms with E-state index in [2.05, 4.69) is 25.2 Å². The molecule has 0 aliphatic carbocycles. The number of amides is 1. The van der Waals surface area contributed by atoms with Crippen LogP contribution in [0.25, 0.3) is 22.4 Å². The van der Waals surface area contributed by atoms with Crippen molar-refractivity contribution >= 4 is 34.4 Å². The molecule has 0 unspecified atom stereocenters. The van der Waals surface area contributed by atoms with Gasteiger partial charge in [-0.25, -0.2) is 15.0 Å². The van der Waals surface area contributed by atoms with Gasteiger partial charge in [-0.1, -0.05) is 11.6 Å². The molecule has 2 N–H and O–H groups in total. The second kappa shape index (κ2) is 6.92. The Morgan fingerprint density at radius 1 is 1.46 bits per heavy atom. The minimum absolute atomic E-state index is 0.0493. The zero-order valence-corrected chi connectivity index (χ0v) is 15.1. The number of nitrogens with zero attached hydrogens (tertiary/aromatic N) is 4. The van der Waals surface area contributed by atoms with Gasteiger partial charge in [0.05, 0.1) is 5.02 Å². The van der Waals surface area contributed by atoms with Crippen molar-refractivity contribution in [3.05, 3.63) is 35.7 Å². The number of hydrogen-bond acceptors (Lipinski definition) is 5. The Kier molecular flexibility index (Phi) is 4.46. The molecule has 0 saturated carbocycles. The van der Waals surface area contributed by atoms with E-state index < -0.39 is 0 Å². The second-order valence-corrected chi connectivity index (χ2v) is 6.67. The number of aromatic nitrogens is 4. The van der Waals surface area contributed by atoms with Crippen LogP contribution in [0.2, 0.25) is 5.02 Å². The fourth-order valence-corrected chi connectivity index (χ4v) is 3.57. The van der Waals surface area contributed by atoms with Crippen molar-refractivity contribution in [1.82, 2.24) is 25.3 Å². The van der Waals surface area contributed by atoms with Crippen LogP contribution in [0.1, 0.15) is 19.8 Å². The maximum absolute atomic E-state index is 12.3. The molecule has 3 aromatic heterocycles. The van der Waals surface area contributed by atoms with E-state index >= 15 is 0 Å². The molecule has 4 heterocycles. The molecule has 1 atom stereocenters. The van der Waals surface area contributed by atoms with Gasteiger partial charge in [-0.05, 0) is 31.9 Å². The first-order valence-electron chi connectivity index (χ1n) is 8.67. The average Bonchev–Trinajstić information content (AvgIpc) is 3.29. The first-order chi connectivity index (χ1) is 12.7. The smallest absolute Gasteiger partial charge is 0.242 e. The standard InChI is InChI=1S/C18H19ClN6O/c1-2-20-18(26)14-4-3-7-25(14)15-5-6-21-17(24-15)13-10-23-16-12(13)8-11(19)9-22-16/h5-6,8-10,14H,2-4,7H2,1H3,(H,20,26)(H,22,23)/t14-/m1/s1. The molecule has 8 heteroatoms.